The largest absolute Gasteiger partial charge is 0.389 e. The van der Waals surface area contributed by atoms with Gasteiger partial charge in [0.05, 0.1) is 5.60 Å². The lowest BCUT2D eigenvalue weighted by atomic mass is 9.71. The fourth-order valence-electron chi connectivity index (χ4n) is 3.71. The molecule has 0 radical (unpaired) electrons. The van der Waals surface area contributed by atoms with Gasteiger partial charge in [0, 0.05) is 38.5 Å². The number of aliphatic hydroxyl groups is 1. The summed E-state index contributed by atoms with van der Waals surface area (Å²) in [4.78, 5) is 11.5. The minimum Gasteiger partial charge on any atom is -0.389 e. The van der Waals surface area contributed by atoms with Crippen LogP contribution in [0.2, 0.25) is 0 Å². The molecule has 2 atom stereocenters. The van der Waals surface area contributed by atoms with Gasteiger partial charge in [-0.2, -0.15) is 0 Å². The van der Waals surface area contributed by atoms with Crippen LogP contribution in [0.15, 0.2) is 6.07 Å². The minimum atomic E-state index is -0.429. The molecule has 1 aromatic heterocycles. The van der Waals surface area contributed by atoms with Crippen molar-refractivity contribution in [2.75, 3.05) is 30.4 Å². The average Bonchev–Trinajstić information content (AvgIpc) is 2.53. The van der Waals surface area contributed by atoms with Crippen LogP contribution in [0.3, 0.4) is 0 Å². The van der Waals surface area contributed by atoms with Gasteiger partial charge in [0.15, 0.2) is 0 Å². The molecule has 1 aliphatic heterocycles. The number of hydrogen-bond acceptors (Lipinski definition) is 5. The van der Waals surface area contributed by atoms with Gasteiger partial charge in [-0.1, -0.05) is 19.8 Å². The summed E-state index contributed by atoms with van der Waals surface area (Å²) in [7, 11) is 1.89. The van der Waals surface area contributed by atoms with Crippen molar-refractivity contribution in [2.24, 2.45) is 5.92 Å². The number of piperidine rings is 1. The van der Waals surface area contributed by atoms with Crippen LogP contribution in [-0.4, -0.2) is 40.8 Å². The van der Waals surface area contributed by atoms with Crippen LogP contribution >= 0.6 is 0 Å². The summed E-state index contributed by atoms with van der Waals surface area (Å²) < 4.78 is 0. The number of rotatable bonds is 3. The SMILES string of the molecule is CCc1nc(NC)cc(N2CCC3(O)CCCCC3C2)n1. The average molecular weight is 290 g/mol. The van der Waals surface area contributed by atoms with Crippen LogP contribution in [0.1, 0.15) is 44.9 Å². The molecule has 5 nitrogen and oxygen atoms in total. The van der Waals surface area contributed by atoms with Gasteiger partial charge in [-0.25, -0.2) is 9.97 Å². The van der Waals surface area contributed by atoms with E-state index in [9.17, 15) is 5.11 Å². The fraction of sp³-hybridized carbons (Fsp3) is 0.750. The Balaban J connectivity index is 1.81. The van der Waals surface area contributed by atoms with Gasteiger partial charge < -0.3 is 15.3 Å². The van der Waals surface area contributed by atoms with Crippen LogP contribution in [0.4, 0.5) is 11.6 Å². The number of hydrogen-bond donors (Lipinski definition) is 2. The number of fused-ring (bicyclic) bond motifs is 1. The van der Waals surface area contributed by atoms with E-state index in [1.54, 1.807) is 0 Å². The monoisotopic (exact) mass is 290 g/mol. The highest BCUT2D eigenvalue weighted by Gasteiger charge is 2.43. The van der Waals surface area contributed by atoms with E-state index in [2.05, 4.69) is 27.1 Å². The molecule has 2 N–H and O–H groups in total. The molecule has 0 bridgehead atoms. The van der Waals surface area contributed by atoms with E-state index in [0.717, 1.165) is 56.2 Å². The molecule has 0 aromatic carbocycles. The molecule has 0 amide bonds. The van der Waals surface area contributed by atoms with Crippen LogP contribution in [-0.2, 0) is 6.42 Å². The molecular formula is C16H26N4O. The van der Waals surface area contributed by atoms with E-state index < -0.39 is 5.60 Å². The van der Waals surface area contributed by atoms with Crippen LogP contribution < -0.4 is 10.2 Å². The Morgan fingerprint density at radius 1 is 1.38 bits per heavy atom. The number of aryl methyl sites for hydroxylation is 1. The van der Waals surface area contributed by atoms with Crippen molar-refractivity contribution < 1.29 is 5.11 Å². The van der Waals surface area contributed by atoms with Gasteiger partial charge in [0.2, 0.25) is 0 Å². The first-order valence-electron chi connectivity index (χ1n) is 8.17. The number of aromatic nitrogens is 2. The molecule has 21 heavy (non-hydrogen) atoms. The van der Waals surface area contributed by atoms with Gasteiger partial charge in [-0.3, -0.25) is 0 Å². The van der Waals surface area contributed by atoms with E-state index in [-0.39, 0.29) is 0 Å². The summed E-state index contributed by atoms with van der Waals surface area (Å²) in [6.45, 7) is 3.88. The quantitative estimate of drug-likeness (QED) is 0.894. The predicted molar refractivity (Wildman–Crippen MR) is 84.7 cm³/mol. The Kier molecular flexibility index (Phi) is 4.02. The number of nitrogens with zero attached hydrogens (tertiary/aromatic N) is 3. The Morgan fingerprint density at radius 3 is 3.00 bits per heavy atom. The summed E-state index contributed by atoms with van der Waals surface area (Å²) in [5.74, 6) is 3.14. The second-order valence-electron chi connectivity index (χ2n) is 6.37. The van der Waals surface area contributed by atoms with Gasteiger partial charge in [0.25, 0.3) is 0 Å². The van der Waals surface area contributed by atoms with E-state index in [1.165, 1.54) is 12.8 Å². The molecule has 2 unspecified atom stereocenters. The summed E-state index contributed by atoms with van der Waals surface area (Å²) in [6.07, 6.45) is 6.22. The van der Waals surface area contributed by atoms with Gasteiger partial charge in [-0.05, 0) is 19.3 Å². The summed E-state index contributed by atoms with van der Waals surface area (Å²) >= 11 is 0. The molecule has 2 heterocycles. The van der Waals surface area contributed by atoms with Crippen molar-refractivity contribution in [1.29, 1.82) is 0 Å². The normalized spacial score (nSPS) is 29.1. The first kappa shape index (κ1) is 14.6. The van der Waals surface area contributed by atoms with E-state index in [1.807, 2.05) is 13.1 Å². The molecule has 1 aromatic rings. The first-order valence-corrected chi connectivity index (χ1v) is 8.17. The molecule has 1 aliphatic carbocycles. The minimum absolute atomic E-state index is 0.387. The van der Waals surface area contributed by atoms with Crippen molar-refractivity contribution in [3.8, 4) is 0 Å². The van der Waals surface area contributed by atoms with Crippen molar-refractivity contribution in [3.05, 3.63) is 11.9 Å². The lowest BCUT2D eigenvalue weighted by Crippen LogP contribution is -2.53. The Bertz CT molecular complexity index is 485. The third-order valence-corrected chi connectivity index (χ3v) is 5.08. The summed E-state index contributed by atoms with van der Waals surface area (Å²) in [5.41, 5.74) is -0.429. The number of anilines is 2. The second kappa shape index (κ2) is 5.79. The van der Waals surface area contributed by atoms with Crippen molar-refractivity contribution in [1.82, 2.24) is 9.97 Å². The zero-order valence-corrected chi connectivity index (χ0v) is 13.1. The van der Waals surface area contributed by atoms with E-state index in [0.29, 0.717) is 5.92 Å². The van der Waals surface area contributed by atoms with Crippen molar-refractivity contribution in [3.63, 3.8) is 0 Å². The standard InChI is InChI=1S/C16H26N4O/c1-3-13-18-14(17-2)10-15(19-13)20-9-8-16(21)7-5-4-6-12(16)11-20/h10,12,21H,3-9,11H2,1-2H3,(H,17,18,19). The molecule has 2 fully saturated rings. The van der Waals surface area contributed by atoms with Gasteiger partial charge >= 0.3 is 0 Å². The maximum Gasteiger partial charge on any atom is 0.134 e. The molecule has 2 aliphatic rings. The molecule has 116 valence electrons. The maximum atomic E-state index is 10.8. The zero-order chi connectivity index (χ0) is 14.9. The van der Waals surface area contributed by atoms with Gasteiger partial charge in [-0.15, -0.1) is 0 Å². The molecule has 1 saturated heterocycles. The van der Waals surface area contributed by atoms with Crippen molar-refractivity contribution >= 4 is 11.6 Å². The number of nitrogens with one attached hydrogen (secondary N) is 1. The van der Waals surface area contributed by atoms with Crippen LogP contribution in [0, 0.1) is 5.92 Å². The Hall–Kier alpha value is -1.36. The Labute approximate surface area is 126 Å². The lowest BCUT2D eigenvalue weighted by molar-refractivity contribution is -0.0613. The smallest absolute Gasteiger partial charge is 0.134 e. The summed E-state index contributed by atoms with van der Waals surface area (Å²) in [5, 5.41) is 13.9. The highest BCUT2D eigenvalue weighted by molar-refractivity contribution is 5.49. The van der Waals surface area contributed by atoms with Crippen molar-refractivity contribution in [2.45, 2.75) is 51.0 Å². The van der Waals surface area contributed by atoms with Gasteiger partial charge in [0.1, 0.15) is 17.5 Å². The maximum absolute atomic E-state index is 10.8. The Morgan fingerprint density at radius 2 is 2.24 bits per heavy atom. The third-order valence-electron chi connectivity index (χ3n) is 5.08. The zero-order valence-electron chi connectivity index (χ0n) is 13.1. The fourth-order valence-corrected chi connectivity index (χ4v) is 3.71. The van der Waals surface area contributed by atoms with E-state index in [4.69, 9.17) is 0 Å². The first-order chi connectivity index (χ1) is 10.1. The molecule has 1 saturated carbocycles. The molecular weight excluding hydrogens is 264 g/mol. The molecule has 3 rings (SSSR count). The molecule has 5 heteroatoms. The highest BCUT2D eigenvalue weighted by atomic mass is 16.3. The highest BCUT2D eigenvalue weighted by Crippen LogP contribution is 2.40. The van der Waals surface area contributed by atoms with Crippen LogP contribution in [0.25, 0.3) is 0 Å². The second-order valence-corrected chi connectivity index (χ2v) is 6.37. The summed E-state index contributed by atoms with van der Waals surface area (Å²) in [6, 6.07) is 2.02. The molecule has 0 spiro atoms. The van der Waals surface area contributed by atoms with E-state index >= 15 is 0 Å². The van der Waals surface area contributed by atoms with Crippen LogP contribution in [0.5, 0.6) is 0 Å². The topological polar surface area (TPSA) is 61.3 Å². The predicted octanol–water partition coefficient (Wildman–Crippen LogP) is 2.21. The third kappa shape index (κ3) is 2.84. The lowest BCUT2D eigenvalue weighted by Gasteiger charge is -2.47.